The zero-order chi connectivity index (χ0) is 23.4. The minimum atomic E-state index is -3.87. The van der Waals surface area contributed by atoms with Crippen LogP contribution < -0.4 is 14.2 Å². The Morgan fingerprint density at radius 2 is 1.76 bits per heavy atom. The molecule has 3 aromatic carbocycles. The first kappa shape index (κ1) is 22.7. The minimum Gasteiger partial charge on any atom is -0.497 e. The molecule has 1 N–H and O–H groups in total. The minimum absolute atomic E-state index is 0.0198. The molecule has 1 aromatic heterocycles. The van der Waals surface area contributed by atoms with Crippen molar-refractivity contribution in [2.45, 2.75) is 31.2 Å². The van der Waals surface area contributed by atoms with E-state index in [-0.39, 0.29) is 10.6 Å². The highest BCUT2D eigenvalue weighted by atomic mass is 32.2. The maximum atomic E-state index is 13.1. The molecule has 0 unspecified atom stereocenters. The number of aryl methyl sites for hydroxylation is 3. The van der Waals surface area contributed by atoms with E-state index in [4.69, 9.17) is 14.5 Å². The van der Waals surface area contributed by atoms with Gasteiger partial charge in [0.25, 0.3) is 10.0 Å². The molecule has 0 bridgehead atoms. The van der Waals surface area contributed by atoms with Crippen molar-refractivity contribution < 1.29 is 17.9 Å². The number of aromatic nitrogens is 2. The molecule has 0 aliphatic rings. The summed E-state index contributed by atoms with van der Waals surface area (Å²) in [5.74, 6) is 1.70. The standard InChI is InChI=1S/C25H27N3O4S/c1-4-28-22-11-6-5-10-21(22)26-25(28)15-12-18-8-7-9-19(16-18)27-33(29,30)24-17-20(31-2)13-14-23(24)32-3/h5-11,13-14,16-17,27H,4,12,15H2,1-3H3. The number of nitrogens with one attached hydrogen (secondary N) is 1. The Hall–Kier alpha value is -3.52. The van der Waals surface area contributed by atoms with Crippen LogP contribution in [0.25, 0.3) is 11.0 Å². The van der Waals surface area contributed by atoms with Gasteiger partial charge in [0.2, 0.25) is 0 Å². The third kappa shape index (κ3) is 4.80. The number of fused-ring (bicyclic) bond motifs is 1. The van der Waals surface area contributed by atoms with Gasteiger partial charge in [0.1, 0.15) is 22.2 Å². The molecule has 0 aliphatic carbocycles. The fourth-order valence-corrected chi connectivity index (χ4v) is 5.15. The van der Waals surface area contributed by atoms with Gasteiger partial charge in [0.05, 0.1) is 25.3 Å². The van der Waals surface area contributed by atoms with Crippen molar-refractivity contribution in [3.63, 3.8) is 0 Å². The Morgan fingerprint density at radius 1 is 0.939 bits per heavy atom. The van der Waals surface area contributed by atoms with Crippen molar-refractivity contribution in [3.8, 4) is 11.5 Å². The second-order valence-electron chi connectivity index (χ2n) is 7.58. The molecule has 0 radical (unpaired) electrons. The number of benzene rings is 3. The molecule has 0 amide bonds. The Balaban J connectivity index is 1.54. The Labute approximate surface area is 194 Å². The van der Waals surface area contributed by atoms with Gasteiger partial charge in [-0.2, -0.15) is 0 Å². The smallest absolute Gasteiger partial charge is 0.265 e. The Bertz CT molecular complexity index is 1380. The van der Waals surface area contributed by atoms with Crippen LogP contribution in [0.3, 0.4) is 0 Å². The number of hydrogen-bond acceptors (Lipinski definition) is 5. The normalized spacial score (nSPS) is 11.5. The third-order valence-corrected chi connectivity index (χ3v) is 6.93. The van der Waals surface area contributed by atoms with Gasteiger partial charge < -0.3 is 14.0 Å². The molecule has 7 nitrogen and oxygen atoms in total. The third-order valence-electron chi connectivity index (χ3n) is 5.53. The van der Waals surface area contributed by atoms with Crippen LogP contribution in [0.4, 0.5) is 5.69 Å². The largest absolute Gasteiger partial charge is 0.497 e. The highest BCUT2D eigenvalue weighted by Gasteiger charge is 2.21. The van der Waals surface area contributed by atoms with Gasteiger partial charge >= 0.3 is 0 Å². The molecule has 0 saturated carbocycles. The number of rotatable bonds is 9. The lowest BCUT2D eigenvalue weighted by Gasteiger charge is -2.13. The van der Waals surface area contributed by atoms with Crippen molar-refractivity contribution in [1.29, 1.82) is 0 Å². The monoisotopic (exact) mass is 465 g/mol. The molecule has 0 spiro atoms. The Kier molecular flexibility index (Phi) is 6.55. The number of methoxy groups -OCH3 is 2. The number of hydrogen-bond donors (Lipinski definition) is 1. The van der Waals surface area contributed by atoms with Crippen LogP contribution in [-0.4, -0.2) is 32.2 Å². The van der Waals surface area contributed by atoms with Crippen molar-refractivity contribution >= 4 is 26.7 Å². The van der Waals surface area contributed by atoms with Gasteiger partial charge in [-0.1, -0.05) is 24.3 Å². The topological polar surface area (TPSA) is 82.5 Å². The first-order chi connectivity index (χ1) is 15.9. The van der Waals surface area contributed by atoms with Gasteiger partial charge in [0.15, 0.2) is 0 Å². The fourth-order valence-electron chi connectivity index (χ4n) is 3.92. The van der Waals surface area contributed by atoms with E-state index in [1.807, 2.05) is 36.4 Å². The Morgan fingerprint density at radius 3 is 2.52 bits per heavy atom. The summed E-state index contributed by atoms with van der Waals surface area (Å²) in [4.78, 5) is 4.80. The summed E-state index contributed by atoms with van der Waals surface area (Å²) in [5.41, 5.74) is 3.62. The van der Waals surface area contributed by atoms with E-state index in [1.54, 1.807) is 18.2 Å². The lowest BCUT2D eigenvalue weighted by Crippen LogP contribution is -2.14. The molecule has 4 rings (SSSR count). The lowest BCUT2D eigenvalue weighted by atomic mass is 10.1. The zero-order valence-corrected chi connectivity index (χ0v) is 19.7. The van der Waals surface area contributed by atoms with E-state index in [0.29, 0.717) is 11.4 Å². The van der Waals surface area contributed by atoms with Crippen molar-refractivity contribution in [1.82, 2.24) is 9.55 Å². The van der Waals surface area contributed by atoms with E-state index in [9.17, 15) is 8.42 Å². The highest BCUT2D eigenvalue weighted by Crippen LogP contribution is 2.30. The number of nitrogens with zero attached hydrogens (tertiary/aromatic N) is 2. The van der Waals surface area contributed by atoms with E-state index >= 15 is 0 Å². The van der Waals surface area contributed by atoms with E-state index in [0.717, 1.165) is 41.8 Å². The second-order valence-corrected chi connectivity index (χ2v) is 9.23. The first-order valence-corrected chi connectivity index (χ1v) is 12.2. The van der Waals surface area contributed by atoms with E-state index in [1.165, 1.54) is 20.3 Å². The van der Waals surface area contributed by atoms with Crippen molar-refractivity contribution in [3.05, 3.63) is 78.1 Å². The van der Waals surface area contributed by atoms with E-state index in [2.05, 4.69) is 22.3 Å². The summed E-state index contributed by atoms with van der Waals surface area (Å²) < 4.78 is 41.4. The number of para-hydroxylation sites is 2. The maximum absolute atomic E-state index is 13.1. The van der Waals surface area contributed by atoms with E-state index < -0.39 is 10.0 Å². The summed E-state index contributed by atoms with van der Waals surface area (Å²) in [6, 6.07) is 20.2. The van der Waals surface area contributed by atoms with Crippen molar-refractivity contribution in [2.24, 2.45) is 0 Å². The van der Waals surface area contributed by atoms with Gasteiger partial charge in [-0.3, -0.25) is 4.72 Å². The number of imidazole rings is 1. The molecule has 1 heterocycles. The molecule has 0 aliphatic heterocycles. The van der Waals surface area contributed by atoms with Crippen LogP contribution in [0, 0.1) is 0 Å². The van der Waals surface area contributed by atoms with Crippen LogP contribution in [-0.2, 0) is 29.4 Å². The first-order valence-electron chi connectivity index (χ1n) is 10.7. The highest BCUT2D eigenvalue weighted by molar-refractivity contribution is 7.92. The second kappa shape index (κ2) is 9.54. The number of ether oxygens (including phenoxy) is 2. The summed E-state index contributed by atoms with van der Waals surface area (Å²) in [6.07, 6.45) is 1.49. The maximum Gasteiger partial charge on any atom is 0.265 e. The molecule has 0 atom stereocenters. The predicted molar refractivity (Wildman–Crippen MR) is 130 cm³/mol. The van der Waals surface area contributed by atoms with Gasteiger partial charge in [-0.25, -0.2) is 13.4 Å². The van der Waals surface area contributed by atoms with Crippen molar-refractivity contribution in [2.75, 3.05) is 18.9 Å². The molecule has 33 heavy (non-hydrogen) atoms. The number of sulfonamides is 1. The zero-order valence-electron chi connectivity index (χ0n) is 18.9. The number of anilines is 1. The quantitative estimate of drug-likeness (QED) is 0.389. The van der Waals surface area contributed by atoms with Gasteiger partial charge in [-0.15, -0.1) is 0 Å². The van der Waals surface area contributed by atoms with Crippen LogP contribution >= 0.6 is 0 Å². The predicted octanol–water partition coefficient (Wildman–Crippen LogP) is 4.66. The average Bonchev–Trinajstić information content (AvgIpc) is 3.19. The molecular formula is C25H27N3O4S. The molecule has 172 valence electrons. The fraction of sp³-hybridized carbons (Fsp3) is 0.240. The lowest BCUT2D eigenvalue weighted by molar-refractivity contribution is 0.392. The SMILES string of the molecule is CCn1c(CCc2cccc(NS(=O)(=O)c3cc(OC)ccc3OC)c2)nc2ccccc21. The molecule has 4 aromatic rings. The van der Waals surface area contributed by atoms with Gasteiger partial charge in [-0.05, 0) is 55.3 Å². The summed E-state index contributed by atoms with van der Waals surface area (Å²) >= 11 is 0. The van der Waals surface area contributed by atoms with Crippen LogP contribution in [0.1, 0.15) is 18.3 Å². The molecular weight excluding hydrogens is 438 g/mol. The average molecular weight is 466 g/mol. The summed E-state index contributed by atoms with van der Waals surface area (Å²) in [6.45, 7) is 2.96. The van der Waals surface area contributed by atoms with Crippen LogP contribution in [0.15, 0.2) is 71.6 Å². The summed E-state index contributed by atoms with van der Waals surface area (Å²) in [5, 5.41) is 0. The van der Waals surface area contributed by atoms with Crippen LogP contribution in [0.5, 0.6) is 11.5 Å². The molecule has 0 saturated heterocycles. The molecule has 0 fully saturated rings. The van der Waals surface area contributed by atoms with Gasteiger partial charge in [0, 0.05) is 24.7 Å². The van der Waals surface area contributed by atoms with Crippen LogP contribution in [0.2, 0.25) is 0 Å². The summed E-state index contributed by atoms with van der Waals surface area (Å²) in [7, 11) is -0.948. The molecule has 8 heteroatoms.